The third kappa shape index (κ3) is 5.68. The number of carbonyl (C=O) groups is 1. The average Bonchev–Trinajstić information content (AvgIpc) is 2.42. The molecule has 1 aromatic rings. The van der Waals surface area contributed by atoms with Gasteiger partial charge in [0.15, 0.2) is 5.25 Å². The fourth-order valence-electron chi connectivity index (χ4n) is 1.45. The second-order valence-electron chi connectivity index (χ2n) is 4.27. The van der Waals surface area contributed by atoms with Gasteiger partial charge in [0.2, 0.25) is 10.0 Å². The molecular weight excluding hydrogens is 282 g/mol. The lowest BCUT2D eigenvalue weighted by molar-refractivity contribution is -0.136. The molecule has 0 amide bonds. The average molecular weight is 301 g/mol. The first-order valence-electron chi connectivity index (χ1n) is 6.26. The molecule has 6 nitrogen and oxygen atoms in total. The number of benzene rings is 1. The third-order valence-corrected chi connectivity index (χ3v) is 4.48. The van der Waals surface area contributed by atoms with E-state index in [0.717, 1.165) is 18.9 Å². The molecule has 2 N–H and O–H groups in total. The molecule has 0 saturated carbocycles. The molecule has 0 radical (unpaired) electrons. The molecule has 7 heteroatoms. The van der Waals surface area contributed by atoms with Gasteiger partial charge in [-0.15, -0.1) is 0 Å². The van der Waals surface area contributed by atoms with Gasteiger partial charge in [-0.05, 0) is 18.9 Å². The minimum atomic E-state index is -3.83. The summed E-state index contributed by atoms with van der Waals surface area (Å²) in [6.07, 6.45) is 0.749. The van der Waals surface area contributed by atoms with Crippen LogP contribution < -0.4 is 4.72 Å². The highest BCUT2D eigenvalue weighted by atomic mass is 32.2. The predicted octanol–water partition coefficient (Wildman–Crippen LogP) is 0.638. The van der Waals surface area contributed by atoms with Crippen molar-refractivity contribution in [2.45, 2.75) is 18.6 Å². The van der Waals surface area contributed by atoms with E-state index in [4.69, 9.17) is 9.84 Å². The van der Waals surface area contributed by atoms with Gasteiger partial charge >= 0.3 is 5.97 Å². The molecule has 0 fully saturated rings. The number of hydrogen-bond acceptors (Lipinski definition) is 4. The van der Waals surface area contributed by atoms with E-state index < -0.39 is 21.2 Å². The summed E-state index contributed by atoms with van der Waals surface area (Å²) in [6, 6.07) is 9.79. The highest BCUT2D eigenvalue weighted by Crippen LogP contribution is 2.00. The van der Waals surface area contributed by atoms with E-state index in [1.165, 1.54) is 0 Å². The highest BCUT2D eigenvalue weighted by molar-refractivity contribution is 7.90. The van der Waals surface area contributed by atoms with Crippen LogP contribution in [0, 0.1) is 0 Å². The smallest absolute Gasteiger partial charge is 0.323 e. The summed E-state index contributed by atoms with van der Waals surface area (Å²) in [7, 11) is -3.83. The number of rotatable bonds is 9. The van der Waals surface area contributed by atoms with Crippen LogP contribution in [0.25, 0.3) is 0 Å². The quantitative estimate of drug-likeness (QED) is 0.653. The summed E-state index contributed by atoms with van der Waals surface area (Å²) in [5, 5.41) is 7.17. The van der Waals surface area contributed by atoms with Crippen molar-refractivity contribution >= 4 is 16.0 Å². The molecule has 112 valence electrons. The minimum absolute atomic E-state index is 0.0642. The Kier molecular flexibility index (Phi) is 6.63. The van der Waals surface area contributed by atoms with Crippen LogP contribution >= 0.6 is 0 Å². The summed E-state index contributed by atoms with van der Waals surface area (Å²) in [6.45, 7) is 1.88. The van der Waals surface area contributed by atoms with Crippen molar-refractivity contribution in [2.24, 2.45) is 0 Å². The van der Waals surface area contributed by atoms with Gasteiger partial charge in [0, 0.05) is 6.54 Å². The lowest BCUT2D eigenvalue weighted by Gasteiger charge is -2.10. The van der Waals surface area contributed by atoms with Gasteiger partial charge in [0.05, 0.1) is 13.2 Å². The Bertz CT molecular complexity index is 515. The van der Waals surface area contributed by atoms with Crippen LogP contribution in [0.1, 0.15) is 12.5 Å². The molecule has 0 spiro atoms. The van der Waals surface area contributed by atoms with Crippen molar-refractivity contribution in [3.05, 3.63) is 35.9 Å². The van der Waals surface area contributed by atoms with Gasteiger partial charge in [0.25, 0.3) is 0 Å². The molecule has 1 rings (SSSR count). The largest absolute Gasteiger partial charge is 0.480 e. The van der Waals surface area contributed by atoms with Crippen molar-refractivity contribution in [1.29, 1.82) is 0 Å². The van der Waals surface area contributed by atoms with Crippen LogP contribution in [0.4, 0.5) is 0 Å². The normalized spacial score (nSPS) is 13.1. The minimum Gasteiger partial charge on any atom is -0.480 e. The lowest BCUT2D eigenvalue weighted by atomic mass is 10.2. The van der Waals surface area contributed by atoms with Crippen molar-refractivity contribution in [1.82, 2.24) is 4.72 Å². The summed E-state index contributed by atoms with van der Waals surface area (Å²) in [5.74, 6) is -1.37. The number of hydrogen-bond donors (Lipinski definition) is 2. The Balaban J connectivity index is 2.18. The Morgan fingerprint density at radius 3 is 2.55 bits per heavy atom. The SMILES string of the molecule is CC(C(=O)O)S(=O)(=O)NCCOCCc1ccccc1. The van der Waals surface area contributed by atoms with Crippen LogP contribution in [0.15, 0.2) is 30.3 Å². The summed E-state index contributed by atoms with van der Waals surface area (Å²) in [5.41, 5.74) is 1.15. The van der Waals surface area contributed by atoms with Gasteiger partial charge in [0.1, 0.15) is 0 Å². The molecule has 1 atom stereocenters. The zero-order valence-corrected chi connectivity index (χ0v) is 12.1. The molecule has 1 unspecified atom stereocenters. The van der Waals surface area contributed by atoms with E-state index in [2.05, 4.69) is 4.72 Å². The maximum absolute atomic E-state index is 11.5. The molecule has 0 aliphatic heterocycles. The van der Waals surface area contributed by atoms with E-state index in [0.29, 0.717) is 6.61 Å². The number of sulfonamides is 1. The predicted molar refractivity (Wildman–Crippen MR) is 75.0 cm³/mol. The van der Waals surface area contributed by atoms with Gasteiger partial charge in [-0.1, -0.05) is 30.3 Å². The number of aliphatic carboxylic acids is 1. The second kappa shape index (κ2) is 7.98. The molecule has 0 saturated heterocycles. The summed E-state index contributed by atoms with van der Waals surface area (Å²) in [4.78, 5) is 10.6. The second-order valence-corrected chi connectivity index (χ2v) is 6.35. The molecule has 0 aliphatic rings. The Labute approximate surface area is 118 Å². The third-order valence-electron chi connectivity index (χ3n) is 2.74. The molecule has 0 aromatic heterocycles. The summed E-state index contributed by atoms with van der Waals surface area (Å²) < 4.78 is 30.5. The van der Waals surface area contributed by atoms with E-state index in [-0.39, 0.29) is 13.2 Å². The highest BCUT2D eigenvalue weighted by Gasteiger charge is 2.26. The van der Waals surface area contributed by atoms with E-state index in [9.17, 15) is 13.2 Å². The molecular formula is C13H19NO5S. The zero-order chi connectivity index (χ0) is 15.0. The monoisotopic (exact) mass is 301 g/mol. The van der Waals surface area contributed by atoms with E-state index in [1.807, 2.05) is 30.3 Å². The number of ether oxygens (including phenoxy) is 1. The number of carboxylic acid groups (broad SMARTS) is 1. The molecule has 0 aliphatic carbocycles. The van der Waals surface area contributed by atoms with Crippen LogP contribution in [-0.4, -0.2) is 44.5 Å². The Morgan fingerprint density at radius 1 is 1.30 bits per heavy atom. The molecule has 0 bridgehead atoms. The van der Waals surface area contributed by atoms with Crippen LogP contribution in [0.2, 0.25) is 0 Å². The number of nitrogens with one attached hydrogen (secondary N) is 1. The fourth-order valence-corrected chi connectivity index (χ4v) is 2.33. The lowest BCUT2D eigenvalue weighted by Crippen LogP contribution is -2.38. The molecule has 0 heterocycles. The topological polar surface area (TPSA) is 92.7 Å². The van der Waals surface area contributed by atoms with Crippen LogP contribution in [0.3, 0.4) is 0 Å². The maximum Gasteiger partial charge on any atom is 0.323 e. The first-order valence-corrected chi connectivity index (χ1v) is 7.81. The van der Waals surface area contributed by atoms with Crippen molar-refractivity contribution in [2.75, 3.05) is 19.8 Å². The Hall–Kier alpha value is -1.44. The van der Waals surface area contributed by atoms with E-state index in [1.54, 1.807) is 0 Å². The summed E-state index contributed by atoms with van der Waals surface area (Å²) >= 11 is 0. The van der Waals surface area contributed by atoms with Crippen LogP contribution in [0.5, 0.6) is 0 Å². The first-order chi connectivity index (χ1) is 9.43. The van der Waals surface area contributed by atoms with Crippen molar-refractivity contribution in [3.8, 4) is 0 Å². The first kappa shape index (κ1) is 16.6. The van der Waals surface area contributed by atoms with Gasteiger partial charge < -0.3 is 9.84 Å². The Morgan fingerprint density at radius 2 is 1.95 bits per heavy atom. The van der Waals surface area contributed by atoms with Crippen molar-refractivity contribution in [3.63, 3.8) is 0 Å². The molecule has 1 aromatic carbocycles. The van der Waals surface area contributed by atoms with Gasteiger partial charge in [-0.25, -0.2) is 13.1 Å². The van der Waals surface area contributed by atoms with Crippen molar-refractivity contribution < 1.29 is 23.1 Å². The molecule has 20 heavy (non-hydrogen) atoms. The number of carboxylic acids is 1. The maximum atomic E-state index is 11.5. The van der Waals surface area contributed by atoms with Gasteiger partial charge in [-0.3, -0.25) is 4.79 Å². The van der Waals surface area contributed by atoms with Crippen LogP contribution in [-0.2, 0) is 26.0 Å². The standard InChI is InChI=1S/C13H19NO5S/c1-11(13(15)16)20(17,18)14-8-10-19-9-7-12-5-3-2-4-6-12/h2-6,11,14H,7-10H2,1H3,(H,15,16). The zero-order valence-electron chi connectivity index (χ0n) is 11.3. The van der Waals surface area contributed by atoms with E-state index >= 15 is 0 Å². The van der Waals surface area contributed by atoms with Gasteiger partial charge in [-0.2, -0.15) is 0 Å². The fraction of sp³-hybridized carbons (Fsp3) is 0.462.